The number of thioether (sulfide) groups is 1. The van der Waals surface area contributed by atoms with Crippen molar-refractivity contribution in [2.75, 3.05) is 31.2 Å². The van der Waals surface area contributed by atoms with Crippen LogP contribution in [-0.4, -0.2) is 46.1 Å². The lowest BCUT2D eigenvalue weighted by Gasteiger charge is -2.28. The first-order chi connectivity index (χ1) is 14.3. The number of rotatable bonds is 5. The second-order valence-corrected chi connectivity index (χ2v) is 7.81. The maximum absolute atomic E-state index is 5.87. The molecule has 0 spiro atoms. The van der Waals surface area contributed by atoms with Crippen LogP contribution in [0.1, 0.15) is 11.5 Å². The van der Waals surface area contributed by atoms with Crippen molar-refractivity contribution < 1.29 is 9.15 Å². The largest absolute Gasteiger partial charge is 0.440 e. The number of aryl methyl sites for hydroxylation is 1. The zero-order valence-corrected chi connectivity index (χ0v) is 16.9. The molecule has 7 nitrogen and oxygen atoms in total. The molecule has 0 radical (unpaired) electrons. The molecule has 0 unspecified atom stereocenters. The van der Waals surface area contributed by atoms with E-state index >= 15 is 0 Å². The van der Waals surface area contributed by atoms with Gasteiger partial charge in [-0.1, -0.05) is 42.1 Å². The van der Waals surface area contributed by atoms with Crippen molar-refractivity contribution in [2.45, 2.75) is 17.8 Å². The Morgan fingerprint density at radius 1 is 1.00 bits per heavy atom. The number of oxazole rings is 1. The van der Waals surface area contributed by atoms with Crippen LogP contribution >= 0.6 is 11.8 Å². The Bertz CT molecular complexity index is 1100. The number of nitrogens with zero attached hydrogens (tertiary/aromatic N) is 5. The van der Waals surface area contributed by atoms with Gasteiger partial charge in [0.15, 0.2) is 10.7 Å². The number of benzene rings is 2. The predicted octanol–water partition coefficient (Wildman–Crippen LogP) is 3.85. The number of ether oxygens (including phenoxy) is 1. The number of hydrogen-bond acceptors (Lipinski definition) is 7. The van der Waals surface area contributed by atoms with E-state index in [4.69, 9.17) is 9.15 Å². The molecule has 2 aromatic heterocycles. The van der Waals surface area contributed by atoms with Gasteiger partial charge in [0.1, 0.15) is 5.52 Å². The van der Waals surface area contributed by atoms with Gasteiger partial charge in [-0.2, -0.15) is 0 Å². The fourth-order valence-electron chi connectivity index (χ4n) is 3.46. The molecule has 0 N–H and O–H groups in total. The molecule has 2 aromatic carbocycles. The number of hydrogen-bond donors (Lipinski definition) is 0. The van der Waals surface area contributed by atoms with Crippen LogP contribution in [0.4, 0.5) is 5.95 Å². The zero-order valence-electron chi connectivity index (χ0n) is 16.1. The van der Waals surface area contributed by atoms with Crippen molar-refractivity contribution in [1.29, 1.82) is 0 Å². The molecular formula is C21H21N5O2S. The zero-order chi connectivity index (χ0) is 19.6. The first-order valence-corrected chi connectivity index (χ1v) is 10.6. The van der Waals surface area contributed by atoms with Gasteiger partial charge in [0, 0.05) is 13.1 Å². The fraction of sp³-hybridized carbons (Fsp3) is 0.286. The highest BCUT2D eigenvalue weighted by Crippen LogP contribution is 2.31. The third-order valence-corrected chi connectivity index (χ3v) is 5.84. The minimum Gasteiger partial charge on any atom is -0.440 e. The molecule has 0 atom stereocenters. The van der Waals surface area contributed by atoms with Crippen molar-refractivity contribution in [3.63, 3.8) is 0 Å². The Morgan fingerprint density at radius 3 is 2.62 bits per heavy atom. The highest BCUT2D eigenvalue weighted by Gasteiger charge is 2.23. The van der Waals surface area contributed by atoms with Crippen LogP contribution in [0.15, 0.2) is 58.1 Å². The first kappa shape index (κ1) is 18.2. The summed E-state index contributed by atoms with van der Waals surface area (Å²) in [7, 11) is 0. The van der Waals surface area contributed by atoms with Crippen LogP contribution in [0.25, 0.3) is 16.8 Å². The van der Waals surface area contributed by atoms with E-state index in [1.807, 2.05) is 36.4 Å². The summed E-state index contributed by atoms with van der Waals surface area (Å²) in [5.74, 6) is 2.12. The number of morpholine rings is 1. The Hall–Kier alpha value is -2.84. The summed E-state index contributed by atoms with van der Waals surface area (Å²) in [6.45, 7) is 5.12. The summed E-state index contributed by atoms with van der Waals surface area (Å²) < 4.78 is 13.5. The maximum atomic E-state index is 5.87. The molecule has 1 saturated heterocycles. The second kappa shape index (κ2) is 7.88. The standard InChI is InChI=1S/C21H21N5O2S/c1-15-6-2-4-8-17(15)26-20(25-10-12-27-13-11-25)23-24-21(26)29-14-19-22-16-7-3-5-9-18(16)28-19/h2-9H,10-14H2,1H3. The topological polar surface area (TPSA) is 69.2 Å². The van der Waals surface area contributed by atoms with E-state index in [1.54, 1.807) is 11.8 Å². The molecular weight excluding hydrogens is 386 g/mol. The van der Waals surface area contributed by atoms with Crippen LogP contribution in [0.3, 0.4) is 0 Å². The summed E-state index contributed by atoms with van der Waals surface area (Å²) in [6, 6.07) is 16.1. The van der Waals surface area contributed by atoms with Crippen LogP contribution < -0.4 is 4.90 Å². The van der Waals surface area contributed by atoms with E-state index in [0.717, 1.165) is 41.0 Å². The highest BCUT2D eigenvalue weighted by atomic mass is 32.2. The van der Waals surface area contributed by atoms with Crippen molar-refractivity contribution >= 4 is 28.8 Å². The minimum absolute atomic E-state index is 0.585. The quantitative estimate of drug-likeness (QED) is 0.466. The summed E-state index contributed by atoms with van der Waals surface area (Å²) in [4.78, 5) is 6.80. The lowest BCUT2D eigenvalue weighted by atomic mass is 10.2. The Balaban J connectivity index is 1.48. The highest BCUT2D eigenvalue weighted by molar-refractivity contribution is 7.98. The van der Waals surface area contributed by atoms with Gasteiger partial charge in [0.05, 0.1) is 24.7 Å². The van der Waals surface area contributed by atoms with E-state index in [-0.39, 0.29) is 0 Å². The van der Waals surface area contributed by atoms with E-state index in [9.17, 15) is 0 Å². The van der Waals surface area contributed by atoms with Gasteiger partial charge in [-0.05, 0) is 30.7 Å². The number of anilines is 1. The minimum atomic E-state index is 0.585. The number of fused-ring (bicyclic) bond motifs is 1. The molecule has 8 heteroatoms. The molecule has 1 aliphatic heterocycles. The van der Waals surface area contributed by atoms with E-state index in [1.165, 1.54) is 5.56 Å². The van der Waals surface area contributed by atoms with Crippen molar-refractivity contribution in [3.05, 3.63) is 60.0 Å². The molecule has 1 aliphatic rings. The van der Waals surface area contributed by atoms with Gasteiger partial charge < -0.3 is 14.1 Å². The van der Waals surface area contributed by atoms with E-state index < -0.39 is 0 Å². The molecule has 0 bridgehead atoms. The van der Waals surface area contributed by atoms with Crippen LogP contribution in [0, 0.1) is 6.92 Å². The summed E-state index contributed by atoms with van der Waals surface area (Å²) in [5.41, 5.74) is 3.93. The first-order valence-electron chi connectivity index (χ1n) is 9.61. The van der Waals surface area contributed by atoms with E-state index in [2.05, 4.69) is 43.7 Å². The molecule has 5 rings (SSSR count). The Morgan fingerprint density at radius 2 is 1.79 bits per heavy atom. The van der Waals surface area contributed by atoms with Crippen molar-refractivity contribution in [3.8, 4) is 5.69 Å². The second-order valence-electron chi connectivity index (χ2n) is 6.87. The van der Waals surface area contributed by atoms with Crippen LogP contribution in [0.2, 0.25) is 0 Å². The average Bonchev–Trinajstić information content (AvgIpc) is 3.37. The average molecular weight is 407 g/mol. The molecule has 1 fully saturated rings. The van der Waals surface area contributed by atoms with Crippen molar-refractivity contribution in [1.82, 2.24) is 19.7 Å². The molecule has 3 heterocycles. The fourth-order valence-corrected chi connectivity index (χ4v) is 4.24. The van der Waals surface area contributed by atoms with Gasteiger partial charge in [-0.25, -0.2) is 4.98 Å². The molecule has 0 amide bonds. The van der Waals surface area contributed by atoms with Crippen LogP contribution in [-0.2, 0) is 10.5 Å². The van der Waals surface area contributed by atoms with Gasteiger partial charge in [0.2, 0.25) is 11.8 Å². The maximum Gasteiger partial charge on any atom is 0.232 e. The monoisotopic (exact) mass is 407 g/mol. The molecule has 0 saturated carbocycles. The molecule has 0 aliphatic carbocycles. The Kier molecular flexibility index (Phi) is 4.95. The predicted molar refractivity (Wildman–Crippen MR) is 113 cm³/mol. The van der Waals surface area contributed by atoms with Crippen LogP contribution in [0.5, 0.6) is 0 Å². The Labute approximate surface area is 172 Å². The summed E-state index contributed by atoms with van der Waals surface area (Å²) >= 11 is 1.58. The van der Waals surface area contributed by atoms with Gasteiger partial charge >= 0.3 is 0 Å². The number of para-hydroxylation sites is 3. The smallest absolute Gasteiger partial charge is 0.232 e. The van der Waals surface area contributed by atoms with Gasteiger partial charge in [-0.15, -0.1) is 10.2 Å². The van der Waals surface area contributed by atoms with Gasteiger partial charge in [-0.3, -0.25) is 4.57 Å². The summed E-state index contributed by atoms with van der Waals surface area (Å²) in [5, 5.41) is 9.85. The number of aromatic nitrogens is 4. The lowest BCUT2D eigenvalue weighted by Crippen LogP contribution is -2.38. The normalized spacial score (nSPS) is 14.6. The molecule has 29 heavy (non-hydrogen) atoms. The van der Waals surface area contributed by atoms with Gasteiger partial charge in [0.25, 0.3) is 0 Å². The van der Waals surface area contributed by atoms with E-state index in [0.29, 0.717) is 24.9 Å². The summed E-state index contributed by atoms with van der Waals surface area (Å²) in [6.07, 6.45) is 0. The third kappa shape index (κ3) is 3.61. The molecule has 4 aromatic rings. The SMILES string of the molecule is Cc1ccccc1-n1c(SCc2nc3ccccc3o2)nnc1N1CCOCC1. The third-order valence-electron chi connectivity index (χ3n) is 4.93. The lowest BCUT2D eigenvalue weighted by molar-refractivity contribution is 0.122. The molecule has 148 valence electrons. The van der Waals surface area contributed by atoms with Crippen molar-refractivity contribution in [2.24, 2.45) is 0 Å².